The Bertz CT molecular complexity index is 618. The standard InChI is InChI=1S/C18H36N4O10/c1-4(19)14-12(27)13(28)18(30-14)32-16-9(24)5(20)2-6(21)15(16)31-17-8(22)11(26)10(25)7(3-23)29-17/h4-18,23-28H,2-3,19-22H2,1H3/t4-,5+,6-,7+,8+,9-,10+,11+,12-,13+,14+,15+,16+,17+,18+/m0/s1. The van der Waals surface area contributed by atoms with Crippen LogP contribution < -0.4 is 22.9 Å². The molecular formula is C18H36N4O10. The number of aliphatic hydroxyl groups excluding tert-OH is 6. The molecule has 0 amide bonds. The molecule has 0 unspecified atom stereocenters. The maximum absolute atomic E-state index is 10.7. The van der Waals surface area contributed by atoms with E-state index in [9.17, 15) is 30.6 Å². The third kappa shape index (κ3) is 4.94. The molecule has 2 saturated heterocycles. The summed E-state index contributed by atoms with van der Waals surface area (Å²) < 4.78 is 22.7. The van der Waals surface area contributed by atoms with E-state index in [0.29, 0.717) is 0 Å². The van der Waals surface area contributed by atoms with Crippen LogP contribution in [0, 0.1) is 0 Å². The molecule has 14 N–H and O–H groups in total. The third-order valence-corrected chi connectivity index (χ3v) is 6.35. The topological polar surface area (TPSA) is 262 Å². The van der Waals surface area contributed by atoms with Gasteiger partial charge >= 0.3 is 0 Å². The first-order valence-corrected chi connectivity index (χ1v) is 10.6. The van der Waals surface area contributed by atoms with Gasteiger partial charge in [0.2, 0.25) is 0 Å². The number of ether oxygens (including phenoxy) is 4. The van der Waals surface area contributed by atoms with Crippen LogP contribution in [0.25, 0.3) is 0 Å². The molecule has 0 aromatic heterocycles. The first-order valence-electron chi connectivity index (χ1n) is 10.6. The molecule has 3 fully saturated rings. The highest BCUT2D eigenvalue weighted by Crippen LogP contribution is 2.32. The first-order chi connectivity index (χ1) is 15.0. The molecule has 2 heterocycles. The summed E-state index contributed by atoms with van der Waals surface area (Å²) in [6, 6.07) is -3.39. The van der Waals surface area contributed by atoms with E-state index in [4.69, 9.17) is 41.9 Å². The van der Waals surface area contributed by atoms with Crippen molar-refractivity contribution in [1.29, 1.82) is 0 Å². The van der Waals surface area contributed by atoms with Gasteiger partial charge in [-0.25, -0.2) is 0 Å². The lowest BCUT2D eigenvalue weighted by Crippen LogP contribution is -2.68. The summed E-state index contributed by atoms with van der Waals surface area (Å²) in [6.45, 7) is 0.989. The lowest BCUT2D eigenvalue weighted by molar-refractivity contribution is -0.310. The van der Waals surface area contributed by atoms with Crippen LogP contribution in [-0.2, 0) is 18.9 Å². The molecule has 188 valence electrons. The molecule has 0 bridgehead atoms. The van der Waals surface area contributed by atoms with E-state index in [1.807, 2.05) is 0 Å². The average Bonchev–Trinajstić information content (AvgIpc) is 3.03. The molecule has 15 atom stereocenters. The Morgan fingerprint density at radius 1 is 0.812 bits per heavy atom. The minimum atomic E-state index is -1.46. The Morgan fingerprint density at radius 2 is 1.44 bits per heavy atom. The van der Waals surface area contributed by atoms with Gasteiger partial charge in [-0.2, -0.15) is 0 Å². The Labute approximate surface area is 185 Å². The predicted molar refractivity (Wildman–Crippen MR) is 106 cm³/mol. The minimum Gasteiger partial charge on any atom is -0.394 e. The Balaban J connectivity index is 1.78. The Morgan fingerprint density at radius 3 is 2.00 bits per heavy atom. The summed E-state index contributed by atoms with van der Waals surface area (Å²) in [6.07, 6.45) is -13.9. The van der Waals surface area contributed by atoms with Crippen LogP contribution in [0.2, 0.25) is 0 Å². The summed E-state index contributed by atoms with van der Waals surface area (Å²) in [5, 5.41) is 60.8. The Hall–Kier alpha value is -0.560. The Kier molecular flexibility index (Phi) is 8.44. The molecule has 0 radical (unpaired) electrons. The van der Waals surface area contributed by atoms with Crippen molar-refractivity contribution in [3.63, 3.8) is 0 Å². The van der Waals surface area contributed by atoms with Crippen molar-refractivity contribution in [2.75, 3.05) is 6.61 Å². The summed E-state index contributed by atoms with van der Waals surface area (Å²) in [5.41, 5.74) is 23.9. The van der Waals surface area contributed by atoms with Gasteiger partial charge in [-0.3, -0.25) is 0 Å². The fourth-order valence-corrected chi connectivity index (χ4v) is 4.36. The normalized spacial score (nSPS) is 53.3. The van der Waals surface area contributed by atoms with Crippen LogP contribution in [0.4, 0.5) is 0 Å². The third-order valence-electron chi connectivity index (χ3n) is 6.35. The number of rotatable bonds is 6. The van der Waals surface area contributed by atoms with Crippen molar-refractivity contribution < 1.29 is 49.6 Å². The number of aliphatic hydroxyl groups is 6. The maximum Gasteiger partial charge on any atom is 0.187 e. The van der Waals surface area contributed by atoms with Crippen molar-refractivity contribution in [3.05, 3.63) is 0 Å². The van der Waals surface area contributed by atoms with Crippen LogP contribution in [0.1, 0.15) is 13.3 Å². The van der Waals surface area contributed by atoms with Gasteiger partial charge < -0.3 is 72.5 Å². The summed E-state index contributed by atoms with van der Waals surface area (Å²) >= 11 is 0. The van der Waals surface area contributed by atoms with E-state index in [-0.39, 0.29) is 6.42 Å². The van der Waals surface area contributed by atoms with E-state index in [1.165, 1.54) is 0 Å². The lowest BCUT2D eigenvalue weighted by Gasteiger charge is -2.47. The van der Waals surface area contributed by atoms with Crippen LogP contribution in [0.5, 0.6) is 0 Å². The van der Waals surface area contributed by atoms with E-state index < -0.39 is 98.3 Å². The summed E-state index contributed by atoms with van der Waals surface area (Å²) in [5.74, 6) is 0. The number of hydrogen-bond acceptors (Lipinski definition) is 14. The fraction of sp³-hybridized carbons (Fsp3) is 1.00. The quantitative estimate of drug-likeness (QED) is 0.174. The second-order valence-corrected chi connectivity index (χ2v) is 8.85. The molecule has 0 aromatic rings. The molecule has 3 aliphatic rings. The highest BCUT2D eigenvalue weighted by Gasteiger charge is 2.52. The smallest absolute Gasteiger partial charge is 0.187 e. The predicted octanol–water partition coefficient (Wildman–Crippen LogP) is -6.26. The molecule has 14 nitrogen and oxygen atoms in total. The zero-order valence-electron chi connectivity index (χ0n) is 17.7. The molecule has 0 aromatic carbocycles. The van der Waals surface area contributed by atoms with Crippen LogP contribution >= 0.6 is 0 Å². The summed E-state index contributed by atoms with van der Waals surface area (Å²) in [7, 11) is 0. The first kappa shape index (κ1) is 26.1. The van der Waals surface area contributed by atoms with E-state index in [1.54, 1.807) is 6.92 Å². The van der Waals surface area contributed by atoms with E-state index in [0.717, 1.165) is 0 Å². The zero-order chi connectivity index (χ0) is 23.9. The monoisotopic (exact) mass is 468 g/mol. The second-order valence-electron chi connectivity index (χ2n) is 8.85. The molecular weight excluding hydrogens is 432 g/mol. The van der Waals surface area contributed by atoms with Gasteiger partial charge in [0, 0.05) is 18.1 Å². The van der Waals surface area contributed by atoms with Gasteiger partial charge in [0.15, 0.2) is 12.6 Å². The van der Waals surface area contributed by atoms with E-state index in [2.05, 4.69) is 0 Å². The highest BCUT2D eigenvalue weighted by molar-refractivity contribution is 5.01. The molecule has 1 aliphatic carbocycles. The van der Waals surface area contributed by atoms with Crippen molar-refractivity contribution in [2.45, 2.75) is 105 Å². The van der Waals surface area contributed by atoms with Crippen LogP contribution in [0.15, 0.2) is 0 Å². The zero-order valence-corrected chi connectivity index (χ0v) is 17.7. The lowest BCUT2D eigenvalue weighted by atomic mass is 9.84. The van der Waals surface area contributed by atoms with Gasteiger partial charge in [-0.1, -0.05) is 0 Å². The van der Waals surface area contributed by atoms with Crippen molar-refractivity contribution in [1.82, 2.24) is 0 Å². The summed E-state index contributed by atoms with van der Waals surface area (Å²) in [4.78, 5) is 0. The van der Waals surface area contributed by atoms with Gasteiger partial charge in [0.05, 0.1) is 18.8 Å². The van der Waals surface area contributed by atoms with Gasteiger partial charge in [0.1, 0.15) is 48.8 Å². The van der Waals surface area contributed by atoms with Crippen LogP contribution in [0.3, 0.4) is 0 Å². The maximum atomic E-state index is 10.7. The SMILES string of the molecule is C[C@H](N)[C@H]1O[C@H](O[C@@H]2[C@@H](O)[C@H](N)C[C@H](N)[C@H]2O[C@H]2O[C@H](CO)[C@@H](O)[C@H](O)[C@H]2N)[C@H](O)[C@@H]1O. The molecule has 32 heavy (non-hydrogen) atoms. The highest BCUT2D eigenvalue weighted by atomic mass is 16.7. The number of nitrogens with two attached hydrogens (primary N) is 4. The minimum absolute atomic E-state index is 0.140. The number of hydrogen-bond donors (Lipinski definition) is 10. The van der Waals surface area contributed by atoms with Crippen molar-refractivity contribution in [2.24, 2.45) is 22.9 Å². The van der Waals surface area contributed by atoms with Gasteiger partial charge in [0.25, 0.3) is 0 Å². The van der Waals surface area contributed by atoms with E-state index >= 15 is 0 Å². The van der Waals surface area contributed by atoms with Crippen molar-refractivity contribution in [3.8, 4) is 0 Å². The second kappa shape index (κ2) is 10.4. The molecule has 14 heteroatoms. The van der Waals surface area contributed by atoms with Crippen molar-refractivity contribution >= 4 is 0 Å². The van der Waals surface area contributed by atoms with Gasteiger partial charge in [-0.05, 0) is 13.3 Å². The molecule has 2 aliphatic heterocycles. The van der Waals surface area contributed by atoms with Crippen LogP contribution in [-0.4, -0.2) is 129 Å². The fourth-order valence-electron chi connectivity index (χ4n) is 4.36. The molecule has 3 rings (SSSR count). The average molecular weight is 469 g/mol. The molecule has 0 spiro atoms. The largest absolute Gasteiger partial charge is 0.394 e. The van der Waals surface area contributed by atoms with Gasteiger partial charge in [-0.15, -0.1) is 0 Å². The molecule has 1 saturated carbocycles.